The average Bonchev–Trinajstić information content (AvgIpc) is 3.06. The molecule has 4 nitrogen and oxygen atoms in total. The quantitative estimate of drug-likeness (QED) is 0.863. The Morgan fingerprint density at radius 1 is 1.19 bits per heavy atom. The third-order valence-corrected chi connectivity index (χ3v) is 5.68. The summed E-state index contributed by atoms with van der Waals surface area (Å²) in [7, 11) is 0. The maximum absolute atomic E-state index is 12.8. The molecule has 1 aliphatic heterocycles. The van der Waals surface area contributed by atoms with Crippen molar-refractivity contribution in [3.63, 3.8) is 0 Å². The van der Waals surface area contributed by atoms with Crippen molar-refractivity contribution in [3.8, 4) is 0 Å². The monoisotopic (exact) mass is 294 g/mol. The van der Waals surface area contributed by atoms with Crippen LogP contribution in [-0.2, 0) is 9.53 Å². The number of nitrogens with two attached hydrogens (primary N) is 1. The molecule has 0 aromatic rings. The number of ether oxygens (including phenoxy) is 1. The van der Waals surface area contributed by atoms with E-state index in [0.29, 0.717) is 29.8 Å². The third-order valence-electron chi connectivity index (χ3n) is 5.68. The largest absolute Gasteiger partial charge is 0.378 e. The molecule has 0 aromatic heterocycles. The van der Waals surface area contributed by atoms with Crippen molar-refractivity contribution in [1.29, 1.82) is 0 Å². The highest BCUT2D eigenvalue weighted by Crippen LogP contribution is 2.48. The fourth-order valence-electron chi connectivity index (χ4n) is 4.48. The van der Waals surface area contributed by atoms with E-state index in [9.17, 15) is 4.79 Å². The molecule has 0 radical (unpaired) electrons. The second-order valence-electron chi connectivity index (χ2n) is 7.69. The zero-order chi connectivity index (χ0) is 15.0. The molecule has 1 saturated heterocycles. The highest BCUT2D eigenvalue weighted by Gasteiger charge is 2.50. The molecule has 1 amide bonds. The van der Waals surface area contributed by atoms with Gasteiger partial charge in [0.2, 0.25) is 5.91 Å². The number of nitrogens with zero attached hydrogens (tertiary/aromatic N) is 1. The standard InChI is InChI=1S/C17H30N2O2/c1-11(2)10-21-14-5-7-19(8-6-14)17(20)15-12-3-4-13(9-12)16(15)18/h11-16H,3-10,18H2,1-2H3. The highest BCUT2D eigenvalue weighted by molar-refractivity contribution is 5.80. The smallest absolute Gasteiger partial charge is 0.227 e. The molecule has 0 spiro atoms. The molecule has 2 aliphatic carbocycles. The second-order valence-corrected chi connectivity index (χ2v) is 7.69. The zero-order valence-electron chi connectivity index (χ0n) is 13.5. The van der Waals surface area contributed by atoms with Crippen molar-refractivity contribution < 1.29 is 9.53 Å². The predicted molar refractivity (Wildman–Crippen MR) is 82.7 cm³/mol. The van der Waals surface area contributed by atoms with E-state index in [1.807, 2.05) is 0 Å². The molecule has 1 heterocycles. The molecule has 0 aromatic carbocycles. The van der Waals surface area contributed by atoms with E-state index in [1.165, 1.54) is 19.3 Å². The van der Waals surface area contributed by atoms with E-state index in [-0.39, 0.29) is 12.0 Å². The first kappa shape index (κ1) is 15.3. The molecule has 4 heteroatoms. The summed E-state index contributed by atoms with van der Waals surface area (Å²) in [6.45, 7) is 6.88. The summed E-state index contributed by atoms with van der Waals surface area (Å²) in [5.41, 5.74) is 6.31. The van der Waals surface area contributed by atoms with Gasteiger partial charge in [-0.3, -0.25) is 4.79 Å². The van der Waals surface area contributed by atoms with E-state index in [0.717, 1.165) is 32.5 Å². The highest BCUT2D eigenvalue weighted by atomic mass is 16.5. The van der Waals surface area contributed by atoms with Crippen LogP contribution in [0, 0.1) is 23.7 Å². The van der Waals surface area contributed by atoms with Crippen LogP contribution in [0.15, 0.2) is 0 Å². The van der Waals surface area contributed by atoms with Gasteiger partial charge in [0.25, 0.3) is 0 Å². The molecule has 4 atom stereocenters. The molecule has 120 valence electrons. The Hall–Kier alpha value is -0.610. The van der Waals surface area contributed by atoms with Crippen molar-refractivity contribution in [2.45, 2.75) is 58.1 Å². The Labute approximate surface area is 128 Å². The number of rotatable bonds is 4. The summed E-state index contributed by atoms with van der Waals surface area (Å²) in [6, 6.07) is 0.117. The summed E-state index contributed by atoms with van der Waals surface area (Å²) in [5.74, 6) is 2.19. The van der Waals surface area contributed by atoms with Crippen LogP contribution in [0.4, 0.5) is 0 Å². The van der Waals surface area contributed by atoms with Crippen LogP contribution >= 0.6 is 0 Å². The van der Waals surface area contributed by atoms with Crippen molar-refractivity contribution in [1.82, 2.24) is 4.90 Å². The molecule has 3 fully saturated rings. The number of piperidine rings is 1. The molecule has 2 saturated carbocycles. The van der Waals surface area contributed by atoms with Crippen LogP contribution in [0.3, 0.4) is 0 Å². The zero-order valence-corrected chi connectivity index (χ0v) is 13.5. The number of fused-ring (bicyclic) bond motifs is 2. The van der Waals surface area contributed by atoms with Crippen molar-refractivity contribution >= 4 is 5.91 Å². The Morgan fingerprint density at radius 3 is 2.43 bits per heavy atom. The van der Waals surface area contributed by atoms with Crippen molar-refractivity contribution in [3.05, 3.63) is 0 Å². The average molecular weight is 294 g/mol. The Morgan fingerprint density at radius 2 is 1.86 bits per heavy atom. The molecule has 2 N–H and O–H groups in total. The molecule has 3 aliphatic rings. The van der Waals surface area contributed by atoms with Crippen molar-refractivity contribution in [2.75, 3.05) is 19.7 Å². The molecule has 3 rings (SSSR count). The topological polar surface area (TPSA) is 55.6 Å². The van der Waals surface area contributed by atoms with Gasteiger partial charge in [0.05, 0.1) is 12.0 Å². The van der Waals surface area contributed by atoms with Gasteiger partial charge in [0.15, 0.2) is 0 Å². The van der Waals surface area contributed by atoms with Gasteiger partial charge >= 0.3 is 0 Å². The van der Waals surface area contributed by atoms with Crippen LogP contribution in [0.1, 0.15) is 46.0 Å². The first-order valence-corrected chi connectivity index (χ1v) is 8.72. The molecule has 4 unspecified atom stereocenters. The minimum Gasteiger partial charge on any atom is -0.378 e. The van der Waals surface area contributed by atoms with E-state index in [2.05, 4.69) is 18.7 Å². The lowest BCUT2D eigenvalue weighted by molar-refractivity contribution is -0.140. The van der Waals surface area contributed by atoms with Gasteiger partial charge in [-0.2, -0.15) is 0 Å². The van der Waals surface area contributed by atoms with Crippen LogP contribution in [0.25, 0.3) is 0 Å². The third kappa shape index (κ3) is 3.11. The van der Waals surface area contributed by atoms with Gasteiger partial charge < -0.3 is 15.4 Å². The summed E-state index contributed by atoms with van der Waals surface area (Å²) in [5, 5.41) is 0. The maximum Gasteiger partial charge on any atom is 0.227 e. The first-order valence-electron chi connectivity index (χ1n) is 8.72. The predicted octanol–water partition coefficient (Wildman–Crippen LogP) is 2.02. The van der Waals surface area contributed by atoms with Gasteiger partial charge in [-0.15, -0.1) is 0 Å². The van der Waals surface area contributed by atoms with Crippen LogP contribution in [0.5, 0.6) is 0 Å². The van der Waals surface area contributed by atoms with Crippen molar-refractivity contribution in [2.24, 2.45) is 29.4 Å². The van der Waals surface area contributed by atoms with E-state index in [1.54, 1.807) is 0 Å². The van der Waals surface area contributed by atoms with Gasteiger partial charge in [0, 0.05) is 25.7 Å². The SMILES string of the molecule is CC(C)COC1CCN(C(=O)C2C3CCC(C3)C2N)CC1. The van der Waals surface area contributed by atoms with Crippen LogP contribution in [-0.4, -0.2) is 42.6 Å². The normalized spacial score (nSPS) is 36.7. The number of amides is 1. The minimum atomic E-state index is 0.108. The summed E-state index contributed by atoms with van der Waals surface area (Å²) in [4.78, 5) is 14.8. The minimum absolute atomic E-state index is 0.108. The van der Waals surface area contributed by atoms with Gasteiger partial charge in [0.1, 0.15) is 0 Å². The van der Waals surface area contributed by atoms with Gasteiger partial charge in [-0.1, -0.05) is 13.8 Å². The van der Waals surface area contributed by atoms with Crippen LogP contribution < -0.4 is 5.73 Å². The van der Waals surface area contributed by atoms with Crippen LogP contribution in [0.2, 0.25) is 0 Å². The van der Waals surface area contributed by atoms with E-state index >= 15 is 0 Å². The number of hydrogen-bond donors (Lipinski definition) is 1. The Kier molecular flexibility index (Phi) is 4.55. The summed E-state index contributed by atoms with van der Waals surface area (Å²) in [6.07, 6.45) is 5.93. The fraction of sp³-hybridized carbons (Fsp3) is 0.941. The van der Waals surface area contributed by atoms with E-state index < -0.39 is 0 Å². The molecular formula is C17H30N2O2. The van der Waals surface area contributed by atoms with Gasteiger partial charge in [-0.05, 0) is 49.9 Å². The lowest BCUT2D eigenvalue weighted by Gasteiger charge is -2.37. The number of likely N-dealkylation sites (tertiary alicyclic amines) is 1. The summed E-state index contributed by atoms with van der Waals surface area (Å²) >= 11 is 0. The maximum atomic E-state index is 12.8. The molecular weight excluding hydrogens is 264 g/mol. The number of carbonyl (C=O) groups is 1. The summed E-state index contributed by atoms with van der Waals surface area (Å²) < 4.78 is 5.91. The molecule has 2 bridgehead atoms. The van der Waals surface area contributed by atoms with E-state index in [4.69, 9.17) is 10.5 Å². The Bertz CT molecular complexity index is 375. The molecule has 21 heavy (non-hydrogen) atoms. The second kappa shape index (κ2) is 6.25. The lowest BCUT2D eigenvalue weighted by atomic mass is 9.83. The number of carbonyl (C=O) groups excluding carboxylic acids is 1. The lowest BCUT2D eigenvalue weighted by Crippen LogP contribution is -2.50. The Balaban J connectivity index is 1.49. The van der Waals surface area contributed by atoms with Gasteiger partial charge in [-0.25, -0.2) is 0 Å². The fourth-order valence-corrected chi connectivity index (χ4v) is 4.48. The number of hydrogen-bond acceptors (Lipinski definition) is 3. The first-order chi connectivity index (χ1) is 10.1.